The Bertz CT molecular complexity index is 683. The number of carbonyl (C=O) groups is 1. The van der Waals surface area contributed by atoms with Gasteiger partial charge >= 0.3 is 0 Å². The van der Waals surface area contributed by atoms with Crippen LogP contribution in [0.3, 0.4) is 0 Å². The molecule has 1 aromatic carbocycles. The highest BCUT2D eigenvalue weighted by molar-refractivity contribution is 5.97. The highest BCUT2D eigenvalue weighted by Gasteiger charge is 2.08. The van der Waals surface area contributed by atoms with E-state index >= 15 is 0 Å². The third-order valence-corrected chi connectivity index (χ3v) is 3.54. The van der Waals surface area contributed by atoms with Crippen molar-refractivity contribution in [2.24, 2.45) is 5.92 Å². The average molecular weight is 315 g/mol. The number of aryl methyl sites for hydroxylation is 2. The number of ether oxygens (including phenoxy) is 1. The number of hydrogen-bond acceptors (Lipinski definition) is 4. The SMILES string of the molecule is Cc1nc2ccc(C(=O)NCCCOCC(C)C)cc2nc1C. The van der Waals surface area contributed by atoms with E-state index in [1.165, 1.54) is 0 Å². The lowest BCUT2D eigenvalue weighted by Gasteiger charge is -2.08. The van der Waals surface area contributed by atoms with Gasteiger partial charge in [-0.1, -0.05) is 13.8 Å². The van der Waals surface area contributed by atoms with Crippen LogP contribution >= 0.6 is 0 Å². The average Bonchev–Trinajstić information content (AvgIpc) is 2.51. The molecular weight excluding hydrogens is 290 g/mol. The summed E-state index contributed by atoms with van der Waals surface area (Å²) in [4.78, 5) is 21.1. The van der Waals surface area contributed by atoms with Gasteiger partial charge in [-0.3, -0.25) is 4.79 Å². The second-order valence-corrected chi connectivity index (χ2v) is 6.18. The monoisotopic (exact) mass is 315 g/mol. The maximum Gasteiger partial charge on any atom is 0.251 e. The summed E-state index contributed by atoms with van der Waals surface area (Å²) in [7, 11) is 0. The first-order valence-electron chi connectivity index (χ1n) is 8.08. The molecule has 0 aliphatic rings. The van der Waals surface area contributed by atoms with Crippen molar-refractivity contribution >= 4 is 16.9 Å². The van der Waals surface area contributed by atoms with Gasteiger partial charge in [0.05, 0.1) is 22.4 Å². The van der Waals surface area contributed by atoms with Crippen molar-refractivity contribution in [2.45, 2.75) is 34.1 Å². The van der Waals surface area contributed by atoms with Gasteiger partial charge in [-0.2, -0.15) is 0 Å². The zero-order chi connectivity index (χ0) is 16.8. The molecule has 2 rings (SSSR count). The Morgan fingerprint density at radius 2 is 1.87 bits per heavy atom. The lowest BCUT2D eigenvalue weighted by molar-refractivity contribution is 0.0925. The minimum absolute atomic E-state index is 0.0872. The summed E-state index contributed by atoms with van der Waals surface area (Å²) in [6.45, 7) is 10.1. The third kappa shape index (κ3) is 4.99. The molecule has 2 aromatic rings. The van der Waals surface area contributed by atoms with Gasteiger partial charge in [0.1, 0.15) is 0 Å². The third-order valence-electron chi connectivity index (χ3n) is 3.54. The number of benzene rings is 1. The van der Waals surface area contributed by atoms with Gasteiger partial charge in [0.25, 0.3) is 5.91 Å². The van der Waals surface area contributed by atoms with Crippen LogP contribution in [0.5, 0.6) is 0 Å². The van der Waals surface area contributed by atoms with Crippen LogP contribution in [-0.4, -0.2) is 35.6 Å². The smallest absolute Gasteiger partial charge is 0.251 e. The summed E-state index contributed by atoms with van der Waals surface area (Å²) >= 11 is 0. The summed E-state index contributed by atoms with van der Waals surface area (Å²) in [5, 5.41) is 2.91. The van der Waals surface area contributed by atoms with Crippen molar-refractivity contribution in [1.82, 2.24) is 15.3 Å². The Labute approximate surface area is 137 Å². The molecule has 0 aliphatic carbocycles. The maximum absolute atomic E-state index is 12.2. The molecule has 0 radical (unpaired) electrons. The van der Waals surface area contributed by atoms with E-state index in [-0.39, 0.29) is 5.91 Å². The molecule has 1 aromatic heterocycles. The molecule has 1 amide bonds. The molecule has 0 saturated carbocycles. The minimum Gasteiger partial charge on any atom is -0.381 e. The number of fused-ring (bicyclic) bond motifs is 1. The van der Waals surface area contributed by atoms with E-state index in [4.69, 9.17) is 4.74 Å². The summed E-state index contributed by atoms with van der Waals surface area (Å²) in [5.74, 6) is 0.450. The maximum atomic E-state index is 12.2. The van der Waals surface area contributed by atoms with Crippen molar-refractivity contribution in [2.75, 3.05) is 19.8 Å². The lowest BCUT2D eigenvalue weighted by atomic mass is 10.1. The van der Waals surface area contributed by atoms with Crippen molar-refractivity contribution in [3.8, 4) is 0 Å². The predicted molar refractivity (Wildman–Crippen MR) is 91.6 cm³/mol. The highest BCUT2D eigenvalue weighted by atomic mass is 16.5. The van der Waals surface area contributed by atoms with Gasteiger partial charge in [0, 0.05) is 25.3 Å². The van der Waals surface area contributed by atoms with Gasteiger partial charge in [-0.15, -0.1) is 0 Å². The molecule has 0 aliphatic heterocycles. The Morgan fingerprint density at radius 3 is 2.57 bits per heavy atom. The molecule has 5 nitrogen and oxygen atoms in total. The van der Waals surface area contributed by atoms with E-state index in [0.29, 0.717) is 24.6 Å². The van der Waals surface area contributed by atoms with E-state index in [9.17, 15) is 4.79 Å². The van der Waals surface area contributed by atoms with Crippen molar-refractivity contribution in [3.63, 3.8) is 0 Å². The van der Waals surface area contributed by atoms with E-state index < -0.39 is 0 Å². The molecule has 0 atom stereocenters. The first-order chi connectivity index (χ1) is 11.0. The van der Waals surface area contributed by atoms with Gasteiger partial charge in [-0.05, 0) is 44.4 Å². The first kappa shape index (κ1) is 17.3. The van der Waals surface area contributed by atoms with Crippen LogP contribution in [0.2, 0.25) is 0 Å². The number of nitrogens with one attached hydrogen (secondary N) is 1. The molecule has 1 heterocycles. The number of carbonyl (C=O) groups excluding carboxylic acids is 1. The summed E-state index contributed by atoms with van der Waals surface area (Å²) in [5.41, 5.74) is 3.97. The number of hydrogen-bond donors (Lipinski definition) is 1. The fraction of sp³-hybridized carbons (Fsp3) is 0.500. The lowest BCUT2D eigenvalue weighted by Crippen LogP contribution is -2.25. The number of nitrogens with zero attached hydrogens (tertiary/aromatic N) is 2. The van der Waals surface area contributed by atoms with Gasteiger partial charge < -0.3 is 10.1 Å². The topological polar surface area (TPSA) is 64.1 Å². The van der Waals surface area contributed by atoms with Crippen molar-refractivity contribution < 1.29 is 9.53 Å². The molecular formula is C18H25N3O2. The van der Waals surface area contributed by atoms with Crippen LogP contribution < -0.4 is 5.32 Å². The molecule has 0 spiro atoms. The molecule has 0 fully saturated rings. The Morgan fingerprint density at radius 1 is 1.17 bits per heavy atom. The zero-order valence-electron chi connectivity index (χ0n) is 14.3. The van der Waals surface area contributed by atoms with E-state index in [1.807, 2.05) is 19.9 Å². The fourth-order valence-electron chi connectivity index (χ4n) is 2.17. The van der Waals surface area contributed by atoms with Crippen LogP contribution in [0, 0.1) is 19.8 Å². The normalized spacial score (nSPS) is 11.2. The molecule has 0 bridgehead atoms. The Balaban J connectivity index is 1.89. The summed E-state index contributed by atoms with van der Waals surface area (Å²) in [6.07, 6.45) is 0.810. The second-order valence-electron chi connectivity index (χ2n) is 6.18. The molecule has 1 N–H and O–H groups in total. The zero-order valence-corrected chi connectivity index (χ0v) is 14.3. The van der Waals surface area contributed by atoms with Crippen LogP contribution in [0.25, 0.3) is 11.0 Å². The second kappa shape index (κ2) is 8.02. The van der Waals surface area contributed by atoms with Crippen LogP contribution in [0.4, 0.5) is 0 Å². The summed E-state index contributed by atoms with van der Waals surface area (Å²) < 4.78 is 5.50. The molecule has 0 saturated heterocycles. The quantitative estimate of drug-likeness (QED) is 0.798. The van der Waals surface area contributed by atoms with Crippen molar-refractivity contribution in [3.05, 3.63) is 35.2 Å². The number of rotatable bonds is 7. The Hall–Kier alpha value is -2.01. The van der Waals surface area contributed by atoms with Gasteiger partial charge in [-0.25, -0.2) is 9.97 Å². The van der Waals surface area contributed by atoms with Crippen LogP contribution in [0.15, 0.2) is 18.2 Å². The van der Waals surface area contributed by atoms with Crippen molar-refractivity contribution in [1.29, 1.82) is 0 Å². The largest absolute Gasteiger partial charge is 0.381 e. The Kier molecular flexibility index (Phi) is 6.04. The van der Waals surface area contributed by atoms with Gasteiger partial charge in [0.15, 0.2) is 0 Å². The van der Waals surface area contributed by atoms with Crippen LogP contribution in [0.1, 0.15) is 42.0 Å². The molecule has 124 valence electrons. The minimum atomic E-state index is -0.0872. The van der Waals surface area contributed by atoms with Crippen LogP contribution in [-0.2, 0) is 4.74 Å². The van der Waals surface area contributed by atoms with Gasteiger partial charge in [0.2, 0.25) is 0 Å². The van der Waals surface area contributed by atoms with E-state index in [1.54, 1.807) is 12.1 Å². The number of aromatic nitrogens is 2. The molecule has 0 unspecified atom stereocenters. The standard InChI is InChI=1S/C18H25N3O2/c1-12(2)11-23-9-5-8-19-18(22)15-6-7-16-17(10-15)21-14(4)13(3)20-16/h6-7,10,12H,5,8-9,11H2,1-4H3,(H,19,22). The number of amides is 1. The predicted octanol–water partition coefficient (Wildman–Crippen LogP) is 3.04. The fourth-order valence-corrected chi connectivity index (χ4v) is 2.17. The van der Waals surface area contributed by atoms with E-state index in [0.717, 1.165) is 35.4 Å². The highest BCUT2D eigenvalue weighted by Crippen LogP contribution is 2.14. The molecule has 23 heavy (non-hydrogen) atoms. The summed E-state index contributed by atoms with van der Waals surface area (Å²) in [6, 6.07) is 5.42. The molecule has 5 heteroatoms. The van der Waals surface area contributed by atoms with E-state index in [2.05, 4.69) is 29.1 Å². The first-order valence-corrected chi connectivity index (χ1v) is 8.08.